The molecule has 0 amide bonds. The summed E-state index contributed by atoms with van der Waals surface area (Å²) in [6.07, 6.45) is -1.15. The molecule has 2 N–H and O–H groups in total. The van der Waals surface area contributed by atoms with Gasteiger partial charge in [-0.05, 0) is 24.5 Å². The van der Waals surface area contributed by atoms with Crippen LogP contribution in [0.25, 0.3) is 0 Å². The van der Waals surface area contributed by atoms with Gasteiger partial charge in [0.2, 0.25) is 0 Å². The molecule has 0 aromatic heterocycles. The number of carbonyl (C=O) groups is 1. The van der Waals surface area contributed by atoms with Crippen LogP contribution in [0, 0.1) is 5.92 Å². The van der Waals surface area contributed by atoms with Crippen LogP contribution in [-0.4, -0.2) is 17.1 Å². The van der Waals surface area contributed by atoms with Gasteiger partial charge < -0.3 is 10.4 Å². The molecule has 0 bridgehead atoms. The third-order valence-electron chi connectivity index (χ3n) is 3.91. The SMILES string of the molecule is O=C(O)[C@H]1CCCC[C@@H]1NCc1cccc(C(F)(F)F)c1. The zero-order valence-corrected chi connectivity index (χ0v) is 11.5. The molecular weight excluding hydrogens is 283 g/mol. The van der Waals surface area contributed by atoms with E-state index in [9.17, 15) is 18.0 Å². The Kier molecular flexibility index (Phi) is 4.88. The molecule has 2 atom stereocenters. The average Bonchev–Trinajstić information content (AvgIpc) is 2.45. The lowest BCUT2D eigenvalue weighted by Gasteiger charge is -2.29. The number of nitrogens with one attached hydrogen (secondary N) is 1. The van der Waals surface area contributed by atoms with Crippen LogP contribution in [0.5, 0.6) is 0 Å². The van der Waals surface area contributed by atoms with Gasteiger partial charge >= 0.3 is 12.1 Å². The summed E-state index contributed by atoms with van der Waals surface area (Å²) in [4.78, 5) is 11.2. The van der Waals surface area contributed by atoms with Crippen molar-refractivity contribution in [1.29, 1.82) is 0 Å². The van der Waals surface area contributed by atoms with Crippen LogP contribution in [0.2, 0.25) is 0 Å². The summed E-state index contributed by atoms with van der Waals surface area (Å²) < 4.78 is 37.9. The van der Waals surface area contributed by atoms with Crippen LogP contribution in [0.15, 0.2) is 24.3 Å². The van der Waals surface area contributed by atoms with Crippen molar-refractivity contribution < 1.29 is 23.1 Å². The minimum absolute atomic E-state index is 0.175. The number of rotatable bonds is 4. The first-order valence-corrected chi connectivity index (χ1v) is 7.00. The van der Waals surface area contributed by atoms with E-state index in [1.165, 1.54) is 6.07 Å². The minimum atomic E-state index is -4.36. The molecule has 1 aromatic rings. The van der Waals surface area contributed by atoms with E-state index in [0.717, 1.165) is 31.4 Å². The van der Waals surface area contributed by atoms with Gasteiger partial charge in [-0.15, -0.1) is 0 Å². The van der Waals surface area contributed by atoms with Crippen molar-refractivity contribution in [2.75, 3.05) is 0 Å². The standard InChI is InChI=1S/C15H18F3NO2/c16-15(17,18)11-5-3-4-10(8-11)9-19-13-7-2-1-6-12(13)14(20)21/h3-5,8,12-13,19H,1-2,6-7,9H2,(H,20,21)/t12-,13-/m0/s1. The van der Waals surface area contributed by atoms with Crippen LogP contribution in [0.3, 0.4) is 0 Å². The fourth-order valence-electron chi connectivity index (χ4n) is 2.78. The summed E-state index contributed by atoms with van der Waals surface area (Å²) in [5.74, 6) is -1.29. The van der Waals surface area contributed by atoms with Gasteiger partial charge in [-0.1, -0.05) is 31.0 Å². The van der Waals surface area contributed by atoms with Gasteiger partial charge in [0.25, 0.3) is 0 Å². The highest BCUT2D eigenvalue weighted by atomic mass is 19.4. The lowest BCUT2D eigenvalue weighted by Crippen LogP contribution is -2.41. The third-order valence-corrected chi connectivity index (χ3v) is 3.91. The van der Waals surface area contributed by atoms with E-state index < -0.39 is 23.6 Å². The number of halogens is 3. The molecule has 6 heteroatoms. The van der Waals surface area contributed by atoms with Crippen molar-refractivity contribution in [2.24, 2.45) is 5.92 Å². The van der Waals surface area contributed by atoms with Crippen LogP contribution < -0.4 is 5.32 Å². The quantitative estimate of drug-likeness (QED) is 0.895. The van der Waals surface area contributed by atoms with E-state index in [1.54, 1.807) is 6.07 Å². The summed E-state index contributed by atoms with van der Waals surface area (Å²) in [6.45, 7) is 0.248. The lowest BCUT2D eigenvalue weighted by atomic mass is 9.84. The second-order valence-corrected chi connectivity index (χ2v) is 5.41. The fraction of sp³-hybridized carbons (Fsp3) is 0.533. The molecule has 1 aliphatic rings. The van der Waals surface area contributed by atoms with Crippen LogP contribution in [0.4, 0.5) is 13.2 Å². The predicted octanol–water partition coefficient (Wildman–Crippen LogP) is 3.44. The van der Waals surface area contributed by atoms with Crippen molar-refractivity contribution in [2.45, 2.75) is 44.4 Å². The second-order valence-electron chi connectivity index (χ2n) is 5.41. The summed E-state index contributed by atoms with van der Waals surface area (Å²) in [6, 6.07) is 4.94. The van der Waals surface area contributed by atoms with E-state index in [2.05, 4.69) is 5.32 Å². The van der Waals surface area contributed by atoms with Crippen LogP contribution in [0.1, 0.15) is 36.8 Å². The molecule has 3 nitrogen and oxygen atoms in total. The van der Waals surface area contributed by atoms with E-state index in [4.69, 9.17) is 5.11 Å². The Balaban J connectivity index is 2.00. The molecule has 0 radical (unpaired) electrons. The number of alkyl halides is 3. The Hall–Kier alpha value is -1.56. The van der Waals surface area contributed by atoms with Gasteiger partial charge in [-0.2, -0.15) is 13.2 Å². The lowest BCUT2D eigenvalue weighted by molar-refractivity contribution is -0.143. The van der Waals surface area contributed by atoms with Gasteiger partial charge in [0.1, 0.15) is 0 Å². The van der Waals surface area contributed by atoms with Gasteiger partial charge in [0, 0.05) is 12.6 Å². The maximum atomic E-state index is 12.6. The maximum absolute atomic E-state index is 12.6. The summed E-state index contributed by atoms with van der Waals surface area (Å²) in [5, 5.41) is 12.3. The van der Waals surface area contributed by atoms with E-state index >= 15 is 0 Å². The molecule has 1 saturated carbocycles. The highest BCUT2D eigenvalue weighted by Crippen LogP contribution is 2.30. The smallest absolute Gasteiger partial charge is 0.416 e. The first-order chi connectivity index (χ1) is 9.88. The van der Waals surface area contributed by atoms with Crippen molar-refractivity contribution >= 4 is 5.97 Å². The molecule has 1 aliphatic carbocycles. The second kappa shape index (κ2) is 6.47. The van der Waals surface area contributed by atoms with E-state index in [0.29, 0.717) is 12.0 Å². The molecule has 0 heterocycles. The first kappa shape index (κ1) is 15.8. The molecule has 2 rings (SSSR count). The molecule has 21 heavy (non-hydrogen) atoms. The van der Waals surface area contributed by atoms with Crippen molar-refractivity contribution in [3.63, 3.8) is 0 Å². The fourth-order valence-corrected chi connectivity index (χ4v) is 2.78. The molecule has 0 saturated heterocycles. The molecule has 1 fully saturated rings. The van der Waals surface area contributed by atoms with Crippen molar-refractivity contribution in [3.05, 3.63) is 35.4 Å². The summed E-state index contributed by atoms with van der Waals surface area (Å²) in [7, 11) is 0. The first-order valence-electron chi connectivity index (χ1n) is 7.00. The largest absolute Gasteiger partial charge is 0.481 e. The van der Waals surface area contributed by atoms with E-state index in [1.807, 2.05) is 0 Å². The van der Waals surface area contributed by atoms with Crippen molar-refractivity contribution in [3.8, 4) is 0 Å². The summed E-state index contributed by atoms with van der Waals surface area (Å²) in [5.41, 5.74) is -0.167. The van der Waals surface area contributed by atoms with Crippen LogP contribution in [-0.2, 0) is 17.5 Å². The number of hydrogen-bond donors (Lipinski definition) is 2. The zero-order valence-electron chi connectivity index (χ0n) is 11.5. The Morgan fingerprint density at radius 2 is 2.00 bits per heavy atom. The molecule has 0 aliphatic heterocycles. The van der Waals surface area contributed by atoms with Crippen LogP contribution >= 0.6 is 0 Å². The molecule has 0 unspecified atom stereocenters. The normalized spacial score (nSPS) is 23.0. The van der Waals surface area contributed by atoms with Gasteiger partial charge in [0.05, 0.1) is 11.5 Å². The maximum Gasteiger partial charge on any atom is 0.416 e. The zero-order chi connectivity index (χ0) is 15.5. The van der Waals surface area contributed by atoms with Gasteiger partial charge in [-0.3, -0.25) is 4.79 Å². The topological polar surface area (TPSA) is 49.3 Å². The highest BCUT2D eigenvalue weighted by Gasteiger charge is 2.31. The highest BCUT2D eigenvalue weighted by molar-refractivity contribution is 5.71. The number of aliphatic carboxylic acids is 1. The Bertz CT molecular complexity index is 502. The molecule has 116 valence electrons. The van der Waals surface area contributed by atoms with E-state index in [-0.39, 0.29) is 12.6 Å². The monoisotopic (exact) mass is 301 g/mol. The summed E-state index contributed by atoms with van der Waals surface area (Å²) >= 11 is 0. The Morgan fingerprint density at radius 3 is 2.67 bits per heavy atom. The Labute approximate surface area is 121 Å². The number of carboxylic acids is 1. The Morgan fingerprint density at radius 1 is 1.29 bits per heavy atom. The van der Waals surface area contributed by atoms with Crippen molar-refractivity contribution in [1.82, 2.24) is 5.32 Å². The number of benzene rings is 1. The van der Waals surface area contributed by atoms with Gasteiger partial charge in [-0.25, -0.2) is 0 Å². The molecule has 1 aromatic carbocycles. The van der Waals surface area contributed by atoms with Gasteiger partial charge in [0.15, 0.2) is 0 Å². The molecular formula is C15H18F3NO2. The predicted molar refractivity (Wildman–Crippen MR) is 71.7 cm³/mol. The molecule has 0 spiro atoms. The number of hydrogen-bond acceptors (Lipinski definition) is 2. The number of carboxylic acid groups (broad SMARTS) is 1. The third kappa shape index (κ3) is 4.20. The minimum Gasteiger partial charge on any atom is -0.481 e. The average molecular weight is 301 g/mol.